The summed E-state index contributed by atoms with van der Waals surface area (Å²) in [5, 5.41) is 4.17. The fourth-order valence-electron chi connectivity index (χ4n) is 2.70. The second-order valence-corrected chi connectivity index (χ2v) is 5.68. The lowest BCUT2D eigenvalue weighted by molar-refractivity contribution is 0.181. The number of nitrogens with two attached hydrogens (primary N) is 1. The number of halogens is 1. The van der Waals surface area contributed by atoms with Crippen LogP contribution in [0.3, 0.4) is 0 Å². The standard InChI is InChI=1S/C16H21N3O.ClH/c1-12-4-6-13(7-5-12)16-9-15(20-18-16)11-19-8-2-3-14(17)10-19;/h4-7,9,14H,2-3,8,10-11,17H2,1H3;1H/t14-;/m1./s1. The predicted molar refractivity (Wildman–Crippen MR) is 86.4 cm³/mol. The van der Waals surface area contributed by atoms with Crippen LogP contribution in [0.5, 0.6) is 0 Å². The van der Waals surface area contributed by atoms with Gasteiger partial charge >= 0.3 is 0 Å². The topological polar surface area (TPSA) is 55.3 Å². The SMILES string of the molecule is Cc1ccc(-c2cc(CN3CCC[C@@H](N)C3)on2)cc1.Cl. The van der Waals surface area contributed by atoms with E-state index in [4.69, 9.17) is 10.3 Å². The van der Waals surface area contributed by atoms with Gasteiger partial charge in [-0.1, -0.05) is 35.0 Å². The molecule has 4 nitrogen and oxygen atoms in total. The molecular formula is C16H22ClN3O. The third kappa shape index (κ3) is 4.06. The van der Waals surface area contributed by atoms with Crippen LogP contribution < -0.4 is 5.73 Å². The molecule has 1 atom stereocenters. The van der Waals surface area contributed by atoms with Gasteiger partial charge < -0.3 is 10.3 Å². The van der Waals surface area contributed by atoms with Crippen molar-refractivity contribution in [1.29, 1.82) is 0 Å². The molecule has 2 N–H and O–H groups in total. The number of benzene rings is 1. The monoisotopic (exact) mass is 307 g/mol. The van der Waals surface area contributed by atoms with Crippen molar-refractivity contribution >= 4 is 12.4 Å². The average Bonchev–Trinajstić information content (AvgIpc) is 2.88. The molecular weight excluding hydrogens is 286 g/mol. The van der Waals surface area contributed by atoms with Gasteiger partial charge in [-0.25, -0.2) is 0 Å². The zero-order valence-corrected chi connectivity index (χ0v) is 13.1. The van der Waals surface area contributed by atoms with Crippen molar-refractivity contribution < 1.29 is 4.52 Å². The Morgan fingerprint density at radius 3 is 2.81 bits per heavy atom. The third-order valence-corrected chi connectivity index (χ3v) is 3.83. The summed E-state index contributed by atoms with van der Waals surface area (Å²) in [5.41, 5.74) is 9.25. The zero-order chi connectivity index (χ0) is 13.9. The number of hydrogen-bond acceptors (Lipinski definition) is 4. The largest absolute Gasteiger partial charge is 0.359 e. The number of nitrogens with zero attached hydrogens (tertiary/aromatic N) is 2. The van der Waals surface area contributed by atoms with Crippen LogP contribution in [-0.2, 0) is 6.54 Å². The highest BCUT2D eigenvalue weighted by molar-refractivity contribution is 5.85. The molecule has 21 heavy (non-hydrogen) atoms. The summed E-state index contributed by atoms with van der Waals surface area (Å²) in [7, 11) is 0. The molecule has 0 radical (unpaired) electrons. The molecule has 1 aliphatic rings. The summed E-state index contributed by atoms with van der Waals surface area (Å²) in [6, 6.07) is 10.7. The van der Waals surface area contributed by atoms with E-state index in [1.165, 1.54) is 12.0 Å². The Labute approximate surface area is 131 Å². The van der Waals surface area contributed by atoms with Crippen LogP contribution in [0, 0.1) is 6.92 Å². The second kappa shape index (κ2) is 7.07. The molecule has 1 aromatic heterocycles. The Bertz CT molecular complexity index is 567. The molecule has 2 heterocycles. The molecule has 0 amide bonds. The lowest BCUT2D eigenvalue weighted by atomic mass is 10.1. The van der Waals surface area contributed by atoms with Gasteiger partial charge in [0, 0.05) is 24.2 Å². The van der Waals surface area contributed by atoms with Gasteiger partial charge in [-0.2, -0.15) is 0 Å². The van der Waals surface area contributed by atoms with Gasteiger partial charge in [-0.15, -0.1) is 12.4 Å². The van der Waals surface area contributed by atoms with Crippen molar-refractivity contribution in [1.82, 2.24) is 10.1 Å². The summed E-state index contributed by atoms with van der Waals surface area (Å²) >= 11 is 0. The van der Waals surface area contributed by atoms with E-state index in [9.17, 15) is 0 Å². The van der Waals surface area contributed by atoms with Gasteiger partial charge in [0.05, 0.1) is 6.54 Å². The van der Waals surface area contributed by atoms with Crippen LogP contribution in [-0.4, -0.2) is 29.2 Å². The van der Waals surface area contributed by atoms with E-state index in [0.717, 1.165) is 43.1 Å². The number of aromatic nitrogens is 1. The lowest BCUT2D eigenvalue weighted by Crippen LogP contribution is -2.42. The smallest absolute Gasteiger partial charge is 0.151 e. The number of likely N-dealkylation sites (tertiary alicyclic amines) is 1. The Kier molecular flexibility index (Phi) is 5.39. The van der Waals surface area contributed by atoms with Gasteiger partial charge in [-0.05, 0) is 26.3 Å². The fourth-order valence-corrected chi connectivity index (χ4v) is 2.70. The Balaban J connectivity index is 0.00000161. The van der Waals surface area contributed by atoms with Crippen LogP contribution in [0.25, 0.3) is 11.3 Å². The van der Waals surface area contributed by atoms with Crippen LogP contribution in [0.1, 0.15) is 24.2 Å². The van der Waals surface area contributed by atoms with Gasteiger partial charge in [0.25, 0.3) is 0 Å². The first-order valence-corrected chi connectivity index (χ1v) is 7.21. The Morgan fingerprint density at radius 2 is 2.10 bits per heavy atom. The maximum Gasteiger partial charge on any atom is 0.151 e. The number of piperidine rings is 1. The van der Waals surface area contributed by atoms with Gasteiger partial charge in [-0.3, -0.25) is 4.90 Å². The maximum absolute atomic E-state index is 6.00. The number of hydrogen-bond donors (Lipinski definition) is 1. The highest BCUT2D eigenvalue weighted by atomic mass is 35.5. The van der Waals surface area contributed by atoms with E-state index in [1.807, 2.05) is 6.07 Å². The third-order valence-electron chi connectivity index (χ3n) is 3.83. The molecule has 1 aliphatic heterocycles. The van der Waals surface area contributed by atoms with E-state index >= 15 is 0 Å². The molecule has 3 rings (SSSR count). The van der Waals surface area contributed by atoms with Crippen LogP contribution in [0.2, 0.25) is 0 Å². The minimum absolute atomic E-state index is 0. The van der Waals surface area contributed by atoms with E-state index < -0.39 is 0 Å². The highest BCUT2D eigenvalue weighted by Gasteiger charge is 2.18. The molecule has 2 aromatic rings. The van der Waals surface area contributed by atoms with Gasteiger partial charge in [0.1, 0.15) is 5.69 Å². The number of aryl methyl sites for hydroxylation is 1. The van der Waals surface area contributed by atoms with Gasteiger partial charge in [0.15, 0.2) is 5.76 Å². The molecule has 0 unspecified atom stereocenters. The van der Waals surface area contributed by atoms with E-state index in [-0.39, 0.29) is 12.4 Å². The molecule has 0 spiro atoms. The van der Waals surface area contributed by atoms with E-state index in [2.05, 4.69) is 41.2 Å². The highest BCUT2D eigenvalue weighted by Crippen LogP contribution is 2.21. The molecule has 114 valence electrons. The van der Waals surface area contributed by atoms with Crippen LogP contribution in [0.4, 0.5) is 0 Å². The maximum atomic E-state index is 6.00. The Hall–Kier alpha value is -1.36. The summed E-state index contributed by atoms with van der Waals surface area (Å²) in [6.07, 6.45) is 2.29. The van der Waals surface area contributed by atoms with E-state index in [1.54, 1.807) is 0 Å². The fraction of sp³-hybridized carbons (Fsp3) is 0.438. The van der Waals surface area contributed by atoms with E-state index in [0.29, 0.717) is 6.04 Å². The molecule has 0 bridgehead atoms. The first-order chi connectivity index (χ1) is 9.70. The molecule has 5 heteroatoms. The summed E-state index contributed by atoms with van der Waals surface area (Å²) < 4.78 is 5.45. The summed E-state index contributed by atoms with van der Waals surface area (Å²) in [5.74, 6) is 0.912. The minimum Gasteiger partial charge on any atom is -0.359 e. The van der Waals surface area contributed by atoms with Crippen molar-refractivity contribution in [2.45, 2.75) is 32.4 Å². The van der Waals surface area contributed by atoms with Crippen molar-refractivity contribution in [3.63, 3.8) is 0 Å². The van der Waals surface area contributed by atoms with Crippen molar-refractivity contribution in [3.05, 3.63) is 41.7 Å². The second-order valence-electron chi connectivity index (χ2n) is 5.68. The molecule has 1 aromatic carbocycles. The normalized spacial score (nSPS) is 19.2. The summed E-state index contributed by atoms with van der Waals surface area (Å²) in [6.45, 7) is 4.92. The molecule has 1 saturated heterocycles. The summed E-state index contributed by atoms with van der Waals surface area (Å²) in [4.78, 5) is 2.34. The number of rotatable bonds is 3. The van der Waals surface area contributed by atoms with Crippen LogP contribution in [0.15, 0.2) is 34.9 Å². The predicted octanol–water partition coefficient (Wildman–Crippen LogP) is 2.99. The average molecular weight is 308 g/mol. The van der Waals surface area contributed by atoms with Crippen molar-refractivity contribution in [2.24, 2.45) is 5.73 Å². The quantitative estimate of drug-likeness (QED) is 0.947. The van der Waals surface area contributed by atoms with Crippen molar-refractivity contribution in [3.8, 4) is 11.3 Å². The minimum atomic E-state index is 0. The molecule has 1 fully saturated rings. The molecule has 0 aliphatic carbocycles. The first kappa shape index (κ1) is 16.0. The van der Waals surface area contributed by atoms with Crippen molar-refractivity contribution in [2.75, 3.05) is 13.1 Å². The Morgan fingerprint density at radius 1 is 1.33 bits per heavy atom. The lowest BCUT2D eigenvalue weighted by Gasteiger charge is -2.29. The van der Waals surface area contributed by atoms with Crippen LogP contribution >= 0.6 is 12.4 Å². The van der Waals surface area contributed by atoms with Gasteiger partial charge in [0.2, 0.25) is 0 Å². The molecule has 0 saturated carbocycles. The first-order valence-electron chi connectivity index (χ1n) is 7.21. The zero-order valence-electron chi connectivity index (χ0n) is 12.3.